The van der Waals surface area contributed by atoms with Crippen molar-refractivity contribution < 1.29 is 9.53 Å². The highest BCUT2D eigenvalue weighted by atomic mass is 16.5. The lowest BCUT2D eigenvalue weighted by Crippen LogP contribution is -2.43. The summed E-state index contributed by atoms with van der Waals surface area (Å²) in [7, 11) is 0. The van der Waals surface area contributed by atoms with Crippen molar-refractivity contribution in [1.82, 2.24) is 14.9 Å². The van der Waals surface area contributed by atoms with Gasteiger partial charge in [-0.2, -0.15) is 0 Å². The predicted octanol–water partition coefficient (Wildman–Crippen LogP) is 1.43. The largest absolute Gasteiger partial charge is 0.458 e. The van der Waals surface area contributed by atoms with E-state index in [1.54, 1.807) is 19.3 Å². The SMILES string of the molecule is CCc1cnc(OC2CCCN(C(C)=O)C2)nc1. The lowest BCUT2D eigenvalue weighted by atomic mass is 10.1. The summed E-state index contributed by atoms with van der Waals surface area (Å²) in [5, 5.41) is 0. The van der Waals surface area contributed by atoms with Gasteiger partial charge in [0.1, 0.15) is 6.10 Å². The van der Waals surface area contributed by atoms with Gasteiger partial charge in [0, 0.05) is 25.9 Å². The molecule has 98 valence electrons. The van der Waals surface area contributed by atoms with E-state index in [2.05, 4.69) is 16.9 Å². The number of amides is 1. The van der Waals surface area contributed by atoms with Crippen LogP contribution in [0.25, 0.3) is 0 Å². The number of rotatable bonds is 3. The minimum absolute atomic E-state index is 0.00938. The first kappa shape index (κ1) is 12.8. The van der Waals surface area contributed by atoms with Gasteiger partial charge in [-0.25, -0.2) is 9.97 Å². The number of carbonyl (C=O) groups excluding carboxylic acids is 1. The number of likely N-dealkylation sites (tertiary alicyclic amines) is 1. The maximum Gasteiger partial charge on any atom is 0.316 e. The number of aromatic nitrogens is 2. The molecule has 1 amide bonds. The molecule has 0 aliphatic carbocycles. The van der Waals surface area contributed by atoms with Gasteiger partial charge in [0.25, 0.3) is 0 Å². The summed E-state index contributed by atoms with van der Waals surface area (Å²) < 4.78 is 5.72. The van der Waals surface area contributed by atoms with Crippen LogP contribution < -0.4 is 4.74 Å². The number of ether oxygens (including phenoxy) is 1. The normalized spacial score (nSPS) is 19.7. The van der Waals surface area contributed by atoms with E-state index in [1.165, 1.54) is 0 Å². The zero-order valence-corrected chi connectivity index (χ0v) is 10.9. The van der Waals surface area contributed by atoms with Gasteiger partial charge in [-0.05, 0) is 24.8 Å². The van der Waals surface area contributed by atoms with Crippen LogP contribution in [0.1, 0.15) is 32.3 Å². The fraction of sp³-hybridized carbons (Fsp3) is 0.615. The molecule has 0 bridgehead atoms. The van der Waals surface area contributed by atoms with E-state index in [0.29, 0.717) is 12.6 Å². The second-order valence-electron chi connectivity index (χ2n) is 4.57. The van der Waals surface area contributed by atoms with Crippen molar-refractivity contribution in [2.24, 2.45) is 0 Å². The predicted molar refractivity (Wildman–Crippen MR) is 67.3 cm³/mol. The lowest BCUT2D eigenvalue weighted by Gasteiger charge is -2.31. The molecule has 1 aromatic heterocycles. The van der Waals surface area contributed by atoms with Crippen molar-refractivity contribution in [3.05, 3.63) is 18.0 Å². The van der Waals surface area contributed by atoms with Gasteiger partial charge in [-0.15, -0.1) is 0 Å². The van der Waals surface area contributed by atoms with E-state index >= 15 is 0 Å². The van der Waals surface area contributed by atoms with Crippen molar-refractivity contribution in [2.75, 3.05) is 13.1 Å². The van der Waals surface area contributed by atoms with Gasteiger partial charge < -0.3 is 9.64 Å². The number of hydrogen-bond donors (Lipinski definition) is 0. The Bertz CT molecular complexity index is 405. The number of aryl methyl sites for hydroxylation is 1. The average molecular weight is 249 g/mol. The molecule has 2 heterocycles. The summed E-state index contributed by atoms with van der Waals surface area (Å²) >= 11 is 0. The molecular formula is C13H19N3O2. The molecular weight excluding hydrogens is 230 g/mol. The molecule has 1 atom stereocenters. The summed E-state index contributed by atoms with van der Waals surface area (Å²) in [6, 6.07) is 0.405. The molecule has 1 fully saturated rings. The van der Waals surface area contributed by atoms with Crippen LogP contribution in [0.5, 0.6) is 6.01 Å². The van der Waals surface area contributed by atoms with Crippen LogP contribution in [0, 0.1) is 0 Å². The highest BCUT2D eigenvalue weighted by Gasteiger charge is 2.23. The molecule has 5 heteroatoms. The molecule has 1 aromatic rings. The van der Waals surface area contributed by atoms with E-state index in [4.69, 9.17) is 4.74 Å². The zero-order valence-electron chi connectivity index (χ0n) is 10.9. The Morgan fingerprint density at radius 3 is 2.83 bits per heavy atom. The van der Waals surface area contributed by atoms with Crippen molar-refractivity contribution in [3.63, 3.8) is 0 Å². The van der Waals surface area contributed by atoms with Crippen LogP contribution in [0.15, 0.2) is 12.4 Å². The average Bonchev–Trinajstić information content (AvgIpc) is 2.40. The third-order valence-electron chi connectivity index (χ3n) is 3.19. The van der Waals surface area contributed by atoms with E-state index in [9.17, 15) is 4.79 Å². The Labute approximate surface area is 107 Å². The number of carbonyl (C=O) groups is 1. The number of piperidine rings is 1. The molecule has 1 aliphatic heterocycles. The Morgan fingerprint density at radius 1 is 1.50 bits per heavy atom. The first-order valence-corrected chi connectivity index (χ1v) is 6.42. The van der Waals surface area contributed by atoms with Gasteiger partial charge in [-0.1, -0.05) is 6.92 Å². The monoisotopic (exact) mass is 249 g/mol. The minimum Gasteiger partial charge on any atom is -0.458 e. The maximum absolute atomic E-state index is 11.3. The minimum atomic E-state index is 0.00938. The van der Waals surface area contributed by atoms with Crippen LogP contribution >= 0.6 is 0 Å². The highest BCUT2D eigenvalue weighted by molar-refractivity contribution is 5.73. The van der Waals surface area contributed by atoms with E-state index in [1.807, 2.05) is 4.90 Å². The third kappa shape index (κ3) is 3.18. The van der Waals surface area contributed by atoms with Crippen LogP contribution in [0.4, 0.5) is 0 Å². The molecule has 1 unspecified atom stereocenters. The number of nitrogens with zero attached hydrogens (tertiary/aromatic N) is 3. The van der Waals surface area contributed by atoms with Gasteiger partial charge in [0.2, 0.25) is 5.91 Å². The fourth-order valence-electron chi connectivity index (χ4n) is 2.06. The van der Waals surface area contributed by atoms with Crippen molar-refractivity contribution in [1.29, 1.82) is 0 Å². The zero-order chi connectivity index (χ0) is 13.0. The van der Waals surface area contributed by atoms with Gasteiger partial charge in [-0.3, -0.25) is 4.79 Å². The van der Waals surface area contributed by atoms with Crippen LogP contribution in [-0.4, -0.2) is 40.0 Å². The summed E-state index contributed by atoms with van der Waals surface area (Å²) in [6.07, 6.45) is 6.42. The van der Waals surface area contributed by atoms with E-state index in [-0.39, 0.29) is 12.0 Å². The second-order valence-corrected chi connectivity index (χ2v) is 4.57. The smallest absolute Gasteiger partial charge is 0.316 e. The first-order chi connectivity index (χ1) is 8.69. The number of hydrogen-bond acceptors (Lipinski definition) is 4. The van der Waals surface area contributed by atoms with Crippen molar-refractivity contribution >= 4 is 5.91 Å². The quantitative estimate of drug-likeness (QED) is 0.813. The third-order valence-corrected chi connectivity index (χ3v) is 3.19. The second kappa shape index (κ2) is 5.80. The summed E-state index contributed by atoms with van der Waals surface area (Å²) in [5.41, 5.74) is 1.09. The molecule has 2 rings (SSSR count). The van der Waals surface area contributed by atoms with Crippen molar-refractivity contribution in [3.8, 4) is 6.01 Å². The standard InChI is InChI=1S/C13H19N3O2/c1-3-11-7-14-13(15-8-11)18-12-5-4-6-16(9-12)10(2)17/h7-8,12H,3-6,9H2,1-2H3. The van der Waals surface area contributed by atoms with Gasteiger partial charge >= 0.3 is 6.01 Å². The summed E-state index contributed by atoms with van der Waals surface area (Å²) in [6.45, 7) is 5.11. The Morgan fingerprint density at radius 2 is 2.22 bits per heavy atom. The Hall–Kier alpha value is -1.65. The fourth-order valence-corrected chi connectivity index (χ4v) is 2.06. The Kier molecular flexibility index (Phi) is 4.12. The topological polar surface area (TPSA) is 55.3 Å². The highest BCUT2D eigenvalue weighted by Crippen LogP contribution is 2.15. The molecule has 0 saturated carbocycles. The molecule has 0 N–H and O–H groups in total. The lowest BCUT2D eigenvalue weighted by molar-refractivity contribution is -0.131. The van der Waals surface area contributed by atoms with Gasteiger partial charge in [0.15, 0.2) is 0 Å². The molecule has 0 aromatic carbocycles. The van der Waals surface area contributed by atoms with E-state index < -0.39 is 0 Å². The maximum atomic E-state index is 11.3. The molecule has 5 nitrogen and oxygen atoms in total. The van der Waals surface area contributed by atoms with Crippen LogP contribution in [-0.2, 0) is 11.2 Å². The van der Waals surface area contributed by atoms with Crippen LogP contribution in [0.3, 0.4) is 0 Å². The van der Waals surface area contributed by atoms with E-state index in [0.717, 1.165) is 31.4 Å². The summed E-state index contributed by atoms with van der Waals surface area (Å²) in [5.74, 6) is 0.102. The summed E-state index contributed by atoms with van der Waals surface area (Å²) in [4.78, 5) is 21.5. The molecule has 1 saturated heterocycles. The van der Waals surface area contributed by atoms with Gasteiger partial charge in [0.05, 0.1) is 6.54 Å². The molecule has 18 heavy (non-hydrogen) atoms. The molecule has 0 spiro atoms. The first-order valence-electron chi connectivity index (χ1n) is 6.42. The molecule has 0 radical (unpaired) electrons. The molecule has 1 aliphatic rings. The Balaban J connectivity index is 1.93. The van der Waals surface area contributed by atoms with Crippen molar-refractivity contribution in [2.45, 2.75) is 39.2 Å². The van der Waals surface area contributed by atoms with Crippen LogP contribution in [0.2, 0.25) is 0 Å².